The van der Waals surface area contributed by atoms with Crippen LogP contribution < -0.4 is 16.0 Å². The summed E-state index contributed by atoms with van der Waals surface area (Å²) in [5.74, 6) is 1.16. The second kappa shape index (κ2) is 6.49. The van der Waals surface area contributed by atoms with Gasteiger partial charge in [0.05, 0.1) is 17.0 Å². The number of ether oxygens (including phenoxy) is 1. The molecule has 2 aromatic rings. The number of thiazole rings is 1. The van der Waals surface area contributed by atoms with Crippen LogP contribution in [0.1, 0.15) is 22.0 Å². The molecule has 0 fully saturated rings. The maximum absolute atomic E-state index is 10.6. The van der Waals surface area contributed by atoms with Gasteiger partial charge in [0.15, 0.2) is 12.2 Å². The third kappa shape index (κ3) is 3.88. The van der Waals surface area contributed by atoms with E-state index in [-0.39, 0.29) is 6.61 Å². The van der Waals surface area contributed by atoms with E-state index in [0.717, 1.165) is 16.1 Å². The molecule has 0 aromatic carbocycles. The van der Waals surface area contributed by atoms with Gasteiger partial charge >= 0.3 is 6.09 Å². The van der Waals surface area contributed by atoms with Gasteiger partial charge in [-0.2, -0.15) is 4.57 Å². The largest absolute Gasteiger partial charge is 0.449 e. The lowest BCUT2D eigenvalue weighted by Gasteiger charge is -2.02. The molecule has 0 aliphatic carbocycles. The number of nitrogens with two attached hydrogens (primary N) is 2. The summed E-state index contributed by atoms with van der Waals surface area (Å²) in [5.41, 5.74) is 14.8. The Bertz CT molecular complexity index is 656. The van der Waals surface area contributed by atoms with E-state index >= 15 is 0 Å². The Morgan fingerprint density at radius 3 is 2.90 bits per heavy atom. The van der Waals surface area contributed by atoms with Crippen molar-refractivity contribution in [2.24, 2.45) is 5.73 Å². The highest BCUT2D eigenvalue weighted by Crippen LogP contribution is 2.14. The molecule has 1 amide bonds. The Labute approximate surface area is 126 Å². The first-order valence-corrected chi connectivity index (χ1v) is 7.32. The predicted octanol–water partition coefficient (Wildman–Crippen LogP) is 0.711. The van der Waals surface area contributed by atoms with Gasteiger partial charge in [-0.3, -0.25) is 0 Å². The fourth-order valence-corrected chi connectivity index (χ4v) is 2.89. The molecular formula is C13H18N5O2S+. The molecule has 0 aliphatic heterocycles. The van der Waals surface area contributed by atoms with Crippen LogP contribution >= 0.6 is 11.3 Å². The van der Waals surface area contributed by atoms with Crippen molar-refractivity contribution in [3.8, 4) is 0 Å². The van der Waals surface area contributed by atoms with E-state index in [4.69, 9.17) is 16.2 Å². The number of rotatable bonds is 5. The SMILES string of the molecule is Cc1ncc(C[n+]2csc(CCOC(N)=O)c2C)c(N)n1. The maximum Gasteiger partial charge on any atom is 0.404 e. The van der Waals surface area contributed by atoms with E-state index in [2.05, 4.69) is 14.5 Å². The Morgan fingerprint density at radius 2 is 2.24 bits per heavy atom. The second-order valence-electron chi connectivity index (χ2n) is 4.60. The van der Waals surface area contributed by atoms with Crippen LogP contribution in [0.3, 0.4) is 0 Å². The predicted molar refractivity (Wildman–Crippen MR) is 78.8 cm³/mol. The first-order chi connectivity index (χ1) is 9.97. The number of carbonyl (C=O) groups is 1. The molecule has 0 atom stereocenters. The molecule has 0 bridgehead atoms. The van der Waals surface area contributed by atoms with Gasteiger partial charge in [0, 0.05) is 19.5 Å². The molecule has 2 rings (SSSR count). The van der Waals surface area contributed by atoms with Crippen LogP contribution in [-0.2, 0) is 17.7 Å². The molecule has 0 spiro atoms. The highest BCUT2D eigenvalue weighted by atomic mass is 32.1. The van der Waals surface area contributed by atoms with Crippen molar-refractivity contribution in [3.05, 3.63) is 33.7 Å². The number of amides is 1. The first-order valence-electron chi connectivity index (χ1n) is 6.44. The van der Waals surface area contributed by atoms with Gasteiger partial charge in [-0.25, -0.2) is 14.8 Å². The van der Waals surface area contributed by atoms with Gasteiger partial charge in [-0.1, -0.05) is 11.3 Å². The van der Waals surface area contributed by atoms with E-state index in [1.54, 1.807) is 24.5 Å². The molecule has 0 saturated carbocycles. The number of nitrogens with zero attached hydrogens (tertiary/aromatic N) is 3. The summed E-state index contributed by atoms with van der Waals surface area (Å²) in [6.45, 7) is 4.72. The molecule has 0 saturated heterocycles. The molecule has 4 N–H and O–H groups in total. The van der Waals surface area contributed by atoms with E-state index in [9.17, 15) is 4.79 Å². The third-order valence-corrected chi connectivity index (χ3v) is 4.23. The minimum Gasteiger partial charge on any atom is -0.449 e. The average Bonchev–Trinajstić information content (AvgIpc) is 2.74. The molecule has 8 heteroatoms. The van der Waals surface area contributed by atoms with Gasteiger partial charge in [-0.05, 0) is 6.92 Å². The second-order valence-corrected chi connectivity index (χ2v) is 5.54. The molecule has 21 heavy (non-hydrogen) atoms. The highest BCUT2D eigenvalue weighted by molar-refractivity contribution is 7.09. The van der Waals surface area contributed by atoms with E-state index < -0.39 is 6.09 Å². The first kappa shape index (κ1) is 15.2. The molecule has 7 nitrogen and oxygen atoms in total. The number of nitrogen functional groups attached to an aromatic ring is 1. The lowest BCUT2D eigenvalue weighted by atomic mass is 10.2. The molecule has 0 radical (unpaired) electrons. The van der Waals surface area contributed by atoms with E-state index in [1.807, 2.05) is 12.4 Å². The minimum absolute atomic E-state index is 0.284. The zero-order chi connectivity index (χ0) is 15.4. The zero-order valence-electron chi connectivity index (χ0n) is 12.0. The number of hydrogen-bond acceptors (Lipinski definition) is 6. The normalized spacial score (nSPS) is 10.6. The summed E-state index contributed by atoms with van der Waals surface area (Å²) in [6, 6.07) is 0. The quantitative estimate of drug-likeness (QED) is 0.791. The summed E-state index contributed by atoms with van der Waals surface area (Å²) in [4.78, 5) is 20.0. The lowest BCUT2D eigenvalue weighted by molar-refractivity contribution is -0.689. The van der Waals surface area contributed by atoms with Crippen molar-refractivity contribution in [2.75, 3.05) is 12.3 Å². The monoisotopic (exact) mass is 308 g/mol. The van der Waals surface area contributed by atoms with Crippen molar-refractivity contribution < 1.29 is 14.1 Å². The number of carbonyl (C=O) groups excluding carboxylic acids is 1. The number of aromatic nitrogens is 3. The standard InChI is InChI=1S/C13H17N5O2S/c1-8-11(3-4-20-13(15)19)21-7-18(8)6-10-5-16-9(2)17-12(10)14/h5,7H,3-4,6H2,1-2H3,(H3-,14,15,16,17,19)/p+1. The topological polar surface area (TPSA) is 108 Å². The van der Waals surface area contributed by atoms with Crippen LogP contribution in [0, 0.1) is 13.8 Å². The Morgan fingerprint density at radius 1 is 1.48 bits per heavy atom. The molecule has 112 valence electrons. The molecule has 2 aromatic heterocycles. The fraction of sp³-hybridized carbons (Fsp3) is 0.385. The molecule has 2 heterocycles. The Hall–Kier alpha value is -2.22. The van der Waals surface area contributed by atoms with Crippen molar-refractivity contribution in [3.63, 3.8) is 0 Å². The van der Waals surface area contributed by atoms with Crippen LogP contribution in [0.25, 0.3) is 0 Å². The van der Waals surface area contributed by atoms with Crippen molar-refractivity contribution in [1.29, 1.82) is 0 Å². The van der Waals surface area contributed by atoms with Crippen LogP contribution in [0.5, 0.6) is 0 Å². The zero-order valence-corrected chi connectivity index (χ0v) is 12.8. The minimum atomic E-state index is -0.748. The summed E-state index contributed by atoms with van der Waals surface area (Å²) >= 11 is 1.61. The van der Waals surface area contributed by atoms with Crippen molar-refractivity contribution in [1.82, 2.24) is 9.97 Å². The van der Waals surface area contributed by atoms with Gasteiger partial charge in [0.2, 0.25) is 5.51 Å². The summed E-state index contributed by atoms with van der Waals surface area (Å²) in [7, 11) is 0. The van der Waals surface area contributed by atoms with Crippen LogP contribution in [0.15, 0.2) is 11.7 Å². The Kier molecular flexibility index (Phi) is 4.69. The third-order valence-electron chi connectivity index (χ3n) is 3.09. The number of hydrogen-bond donors (Lipinski definition) is 2. The highest BCUT2D eigenvalue weighted by Gasteiger charge is 2.17. The van der Waals surface area contributed by atoms with Crippen molar-refractivity contribution in [2.45, 2.75) is 26.8 Å². The number of aryl methyl sites for hydroxylation is 1. The van der Waals surface area contributed by atoms with Crippen LogP contribution in [-0.4, -0.2) is 22.7 Å². The lowest BCUT2D eigenvalue weighted by Crippen LogP contribution is -2.35. The van der Waals surface area contributed by atoms with E-state index in [0.29, 0.717) is 24.6 Å². The van der Waals surface area contributed by atoms with Gasteiger partial charge in [0.1, 0.15) is 11.6 Å². The van der Waals surface area contributed by atoms with Gasteiger partial charge in [-0.15, -0.1) is 0 Å². The fourth-order valence-electron chi connectivity index (χ4n) is 1.91. The van der Waals surface area contributed by atoms with Crippen LogP contribution in [0.2, 0.25) is 0 Å². The molecular weight excluding hydrogens is 290 g/mol. The summed E-state index contributed by atoms with van der Waals surface area (Å²) in [5, 5.41) is 0. The number of anilines is 1. The number of primary amides is 1. The maximum atomic E-state index is 10.6. The molecule has 0 unspecified atom stereocenters. The smallest absolute Gasteiger partial charge is 0.404 e. The summed E-state index contributed by atoms with van der Waals surface area (Å²) < 4.78 is 6.83. The van der Waals surface area contributed by atoms with Crippen LogP contribution in [0.4, 0.5) is 10.6 Å². The Balaban J connectivity index is 2.07. The van der Waals surface area contributed by atoms with Gasteiger partial charge < -0.3 is 16.2 Å². The summed E-state index contributed by atoms with van der Waals surface area (Å²) in [6.07, 6.45) is 1.64. The van der Waals surface area contributed by atoms with E-state index in [1.165, 1.54) is 0 Å². The van der Waals surface area contributed by atoms with Gasteiger partial charge in [0.25, 0.3) is 0 Å². The van der Waals surface area contributed by atoms with Crippen molar-refractivity contribution >= 4 is 23.2 Å². The molecule has 0 aliphatic rings. The average molecular weight is 308 g/mol.